The van der Waals surface area contributed by atoms with Gasteiger partial charge in [0.25, 0.3) is 0 Å². The van der Waals surface area contributed by atoms with Crippen molar-refractivity contribution in [3.63, 3.8) is 0 Å². The van der Waals surface area contributed by atoms with E-state index in [0.717, 1.165) is 83.5 Å². The normalized spacial score (nSPS) is 14.7. The molecular weight excluding hydrogens is 816 g/mol. The van der Waals surface area contributed by atoms with Crippen LogP contribution < -0.4 is 0 Å². The zero-order valence-electron chi connectivity index (χ0n) is 39.0. The molecule has 0 saturated carbocycles. The fourth-order valence-electron chi connectivity index (χ4n) is 5.91. The molecular formula is C52H85O10P. The van der Waals surface area contributed by atoms with Gasteiger partial charge in [-0.2, -0.15) is 0 Å². The highest BCUT2D eigenvalue weighted by Gasteiger charge is 2.27. The summed E-state index contributed by atoms with van der Waals surface area (Å²) in [6.45, 7) is 1.90. The van der Waals surface area contributed by atoms with Crippen molar-refractivity contribution in [2.45, 2.75) is 180 Å². The van der Waals surface area contributed by atoms with E-state index < -0.39 is 58.4 Å². The number of hydrogen-bond acceptors (Lipinski definition) is 9. The number of esters is 2. The number of allylic oxidation sites excluding steroid dienone is 18. The predicted octanol–water partition coefficient (Wildman–Crippen LogP) is 13.3. The molecule has 63 heavy (non-hydrogen) atoms. The van der Waals surface area contributed by atoms with E-state index in [-0.39, 0.29) is 12.8 Å². The zero-order valence-corrected chi connectivity index (χ0v) is 39.9. The van der Waals surface area contributed by atoms with Gasteiger partial charge in [-0.05, 0) is 89.9 Å². The van der Waals surface area contributed by atoms with Gasteiger partial charge in [0.1, 0.15) is 12.2 Å². The Morgan fingerprint density at radius 2 is 0.714 bits per heavy atom. The van der Waals surface area contributed by atoms with E-state index in [1.54, 1.807) is 0 Å². The van der Waals surface area contributed by atoms with Crippen LogP contribution in [-0.2, 0) is 32.7 Å². The third kappa shape index (κ3) is 45.0. The van der Waals surface area contributed by atoms with Crippen molar-refractivity contribution in [1.29, 1.82) is 0 Å². The number of carbonyl (C=O) groups is 2. The van der Waals surface area contributed by atoms with Gasteiger partial charge in [-0.25, -0.2) is 4.57 Å². The minimum Gasteiger partial charge on any atom is -0.457 e. The number of ether oxygens (including phenoxy) is 2. The van der Waals surface area contributed by atoms with E-state index in [4.69, 9.17) is 18.5 Å². The molecule has 0 heterocycles. The van der Waals surface area contributed by atoms with Crippen molar-refractivity contribution >= 4 is 19.8 Å². The molecule has 0 aliphatic rings. The maximum absolute atomic E-state index is 12.4. The highest BCUT2D eigenvalue weighted by atomic mass is 31.2. The van der Waals surface area contributed by atoms with Crippen molar-refractivity contribution in [1.82, 2.24) is 0 Å². The van der Waals surface area contributed by atoms with Crippen molar-refractivity contribution in [3.8, 4) is 0 Å². The van der Waals surface area contributed by atoms with E-state index in [2.05, 4.69) is 111 Å². The molecule has 0 aliphatic heterocycles. The Balaban J connectivity index is 3.95. The van der Waals surface area contributed by atoms with E-state index in [1.165, 1.54) is 38.5 Å². The second-order valence-electron chi connectivity index (χ2n) is 15.3. The fraction of sp³-hybridized carbons (Fsp3) is 0.615. The lowest BCUT2D eigenvalue weighted by molar-refractivity contribution is -0.153. The standard InChI is InChI=1S/C52H85O10P/c1-3-5-7-9-11-13-15-17-19-21-22-23-24-25-26-28-30-32-34-36-38-40-42-44-52(56)62-50(46-54)48-60-63(57,58)59-47-49(45-53)61-51(55)43-41-39-37-35-33-31-29-27-20-18-16-14-12-10-8-6-4-2/h5-8,11-14,17-20,22-23,29,31,35,37,49-50,53-54H,3-4,9-10,15-16,21,24-28,30,32-34,36,38-48H2,1-2H3,(H,57,58)/b7-5-,8-6-,13-11-,14-12-,19-17-,20-18-,23-22-,31-29-,37-35-. The molecule has 0 aromatic heterocycles. The van der Waals surface area contributed by atoms with Crippen LogP contribution >= 0.6 is 7.82 Å². The molecule has 10 nitrogen and oxygen atoms in total. The van der Waals surface area contributed by atoms with Crippen molar-refractivity contribution in [2.75, 3.05) is 26.4 Å². The van der Waals surface area contributed by atoms with Crippen LogP contribution in [0.15, 0.2) is 109 Å². The number of aliphatic hydroxyl groups excluding tert-OH is 2. The van der Waals surface area contributed by atoms with Crippen LogP contribution in [0.2, 0.25) is 0 Å². The average molecular weight is 901 g/mol. The number of phosphoric ester groups is 1. The third-order valence-corrected chi connectivity index (χ3v) is 10.4. The van der Waals surface area contributed by atoms with Gasteiger partial charge in [-0.1, -0.05) is 175 Å². The molecule has 0 rings (SSSR count). The lowest BCUT2D eigenvalue weighted by atomic mass is 10.0. The third-order valence-electron chi connectivity index (χ3n) is 9.48. The van der Waals surface area contributed by atoms with E-state index in [1.807, 2.05) is 12.2 Å². The number of hydrogen-bond donors (Lipinski definition) is 3. The van der Waals surface area contributed by atoms with Crippen LogP contribution in [0.5, 0.6) is 0 Å². The molecule has 3 atom stereocenters. The first-order chi connectivity index (χ1) is 30.8. The molecule has 358 valence electrons. The Kier molecular flexibility index (Phi) is 44.1. The minimum absolute atomic E-state index is 0.108. The highest BCUT2D eigenvalue weighted by molar-refractivity contribution is 7.47. The zero-order chi connectivity index (χ0) is 46.2. The van der Waals surface area contributed by atoms with Gasteiger partial charge < -0.3 is 24.6 Å². The summed E-state index contributed by atoms with van der Waals surface area (Å²) in [5.41, 5.74) is 0. The van der Waals surface area contributed by atoms with Crippen LogP contribution in [0.4, 0.5) is 0 Å². The quantitative estimate of drug-likeness (QED) is 0.0234. The van der Waals surface area contributed by atoms with E-state index >= 15 is 0 Å². The lowest BCUT2D eigenvalue weighted by Crippen LogP contribution is -2.28. The van der Waals surface area contributed by atoms with Gasteiger partial charge in [-0.3, -0.25) is 18.6 Å². The maximum atomic E-state index is 12.4. The molecule has 3 unspecified atom stereocenters. The van der Waals surface area contributed by atoms with Gasteiger partial charge in [0.05, 0.1) is 26.4 Å². The summed E-state index contributed by atoms with van der Waals surface area (Å²) in [5.74, 6) is -1.09. The van der Waals surface area contributed by atoms with Crippen LogP contribution in [0.3, 0.4) is 0 Å². The number of unbranched alkanes of at least 4 members (excludes halogenated alkanes) is 11. The summed E-state index contributed by atoms with van der Waals surface area (Å²) in [5, 5.41) is 19.2. The van der Waals surface area contributed by atoms with E-state index in [0.29, 0.717) is 19.3 Å². The summed E-state index contributed by atoms with van der Waals surface area (Å²) in [6.07, 6.45) is 59.2. The van der Waals surface area contributed by atoms with Crippen molar-refractivity contribution in [3.05, 3.63) is 109 Å². The second-order valence-corrected chi connectivity index (χ2v) is 16.8. The Hall–Kier alpha value is -3.37. The smallest absolute Gasteiger partial charge is 0.457 e. The number of rotatable bonds is 43. The van der Waals surface area contributed by atoms with Crippen LogP contribution in [-0.4, -0.2) is 65.7 Å². The summed E-state index contributed by atoms with van der Waals surface area (Å²) >= 11 is 0. The molecule has 11 heteroatoms. The molecule has 0 bridgehead atoms. The van der Waals surface area contributed by atoms with Gasteiger partial charge in [0, 0.05) is 12.8 Å². The number of carbonyl (C=O) groups excluding carboxylic acids is 2. The molecule has 0 radical (unpaired) electrons. The summed E-state index contributed by atoms with van der Waals surface area (Å²) in [7, 11) is -4.67. The first-order valence-corrected chi connectivity index (χ1v) is 25.3. The molecule has 0 aliphatic carbocycles. The van der Waals surface area contributed by atoms with Crippen LogP contribution in [0.25, 0.3) is 0 Å². The van der Waals surface area contributed by atoms with Crippen LogP contribution in [0, 0.1) is 0 Å². The number of aliphatic hydroxyl groups is 2. The van der Waals surface area contributed by atoms with Gasteiger partial charge >= 0.3 is 19.8 Å². The molecule has 0 aromatic carbocycles. The monoisotopic (exact) mass is 901 g/mol. The topological polar surface area (TPSA) is 149 Å². The lowest BCUT2D eigenvalue weighted by Gasteiger charge is -2.20. The van der Waals surface area contributed by atoms with Gasteiger partial charge in [0.15, 0.2) is 0 Å². The largest absolute Gasteiger partial charge is 0.472 e. The Labute approximate surface area is 382 Å². The fourth-order valence-corrected chi connectivity index (χ4v) is 6.69. The minimum atomic E-state index is -4.67. The highest BCUT2D eigenvalue weighted by Crippen LogP contribution is 2.43. The SMILES string of the molecule is CC/C=C\C/C=C\C/C=C\C/C=C\C/C=C\CCCC(=O)OC(CO)COP(=O)(O)OCC(CO)OC(=O)CCCCCCCCCCCC/C=C\C/C=C\C/C=C\C/C=C\CC. The maximum Gasteiger partial charge on any atom is 0.472 e. The molecule has 0 spiro atoms. The Morgan fingerprint density at radius 3 is 1.06 bits per heavy atom. The first-order valence-electron chi connectivity index (χ1n) is 23.8. The summed E-state index contributed by atoms with van der Waals surface area (Å²) in [4.78, 5) is 34.6. The molecule has 0 fully saturated rings. The average Bonchev–Trinajstić information content (AvgIpc) is 3.27. The summed E-state index contributed by atoms with van der Waals surface area (Å²) < 4.78 is 32.6. The number of phosphoric acid groups is 1. The molecule has 0 amide bonds. The van der Waals surface area contributed by atoms with Gasteiger partial charge in [0.2, 0.25) is 0 Å². The molecule has 3 N–H and O–H groups in total. The van der Waals surface area contributed by atoms with Gasteiger partial charge in [-0.15, -0.1) is 0 Å². The van der Waals surface area contributed by atoms with Crippen molar-refractivity contribution < 1.29 is 47.8 Å². The van der Waals surface area contributed by atoms with Crippen LogP contribution in [0.1, 0.15) is 168 Å². The van der Waals surface area contributed by atoms with Crippen molar-refractivity contribution in [2.24, 2.45) is 0 Å². The predicted molar refractivity (Wildman–Crippen MR) is 260 cm³/mol. The summed E-state index contributed by atoms with van der Waals surface area (Å²) in [6, 6.07) is 0. The van der Waals surface area contributed by atoms with E-state index in [9.17, 15) is 29.3 Å². The first kappa shape index (κ1) is 59.6. The second kappa shape index (κ2) is 46.6. The Bertz CT molecular complexity index is 1410. The Morgan fingerprint density at radius 1 is 0.429 bits per heavy atom. The molecule has 0 saturated heterocycles. The molecule has 0 aromatic rings.